The number of rotatable bonds is 5. The van der Waals surface area contributed by atoms with Gasteiger partial charge in [-0.25, -0.2) is 0 Å². The van der Waals surface area contributed by atoms with Gasteiger partial charge in [0, 0.05) is 19.2 Å². The number of hydrogen-bond acceptors (Lipinski definition) is 4. The Labute approximate surface area is 168 Å². The highest BCUT2D eigenvalue weighted by atomic mass is 16.5. The second-order valence-electron chi connectivity index (χ2n) is 6.92. The normalized spacial score (nSPS) is 18.5. The summed E-state index contributed by atoms with van der Waals surface area (Å²) in [5.74, 6) is -1.47. The number of benzene rings is 3. The third kappa shape index (κ3) is 3.30. The topological polar surface area (TPSA) is 66.8 Å². The zero-order valence-corrected chi connectivity index (χ0v) is 16.0. The third-order valence-electron chi connectivity index (χ3n) is 5.24. The first-order valence-electron chi connectivity index (χ1n) is 9.44. The first-order valence-corrected chi connectivity index (χ1v) is 9.44. The van der Waals surface area contributed by atoms with Crippen LogP contribution in [0.2, 0.25) is 0 Å². The number of amides is 1. The Morgan fingerprint density at radius 2 is 1.66 bits per heavy atom. The predicted octanol–water partition coefficient (Wildman–Crippen LogP) is 3.91. The van der Waals surface area contributed by atoms with Crippen molar-refractivity contribution in [3.05, 3.63) is 89.5 Å². The fourth-order valence-electron chi connectivity index (χ4n) is 3.86. The molecule has 1 aliphatic heterocycles. The number of hydrogen-bond donors (Lipinski definition) is 1. The SMILES string of the molecule is COCCN1C(=O)C(=O)/C(=C(/O)c2ccccc2)[C@H]1c1cccc2ccccc12. The Balaban J connectivity index is 1.96. The zero-order valence-electron chi connectivity index (χ0n) is 16.0. The van der Waals surface area contributed by atoms with Crippen molar-refractivity contribution < 1.29 is 19.4 Å². The minimum Gasteiger partial charge on any atom is -0.507 e. The van der Waals surface area contributed by atoms with Gasteiger partial charge in [-0.2, -0.15) is 0 Å². The van der Waals surface area contributed by atoms with Crippen LogP contribution in [0.25, 0.3) is 16.5 Å². The van der Waals surface area contributed by atoms with Crippen molar-refractivity contribution in [2.45, 2.75) is 6.04 Å². The number of methoxy groups -OCH3 is 1. The molecule has 1 fully saturated rings. The van der Waals surface area contributed by atoms with Crippen molar-refractivity contribution in [2.75, 3.05) is 20.3 Å². The minimum absolute atomic E-state index is 0.105. The number of likely N-dealkylation sites (tertiary alicyclic amines) is 1. The van der Waals surface area contributed by atoms with Gasteiger partial charge in [0.1, 0.15) is 5.76 Å². The lowest BCUT2D eigenvalue weighted by Crippen LogP contribution is -2.32. The summed E-state index contributed by atoms with van der Waals surface area (Å²) in [5, 5.41) is 12.9. The monoisotopic (exact) mass is 387 g/mol. The number of ether oxygens (including phenoxy) is 1. The molecule has 1 heterocycles. The number of aliphatic hydroxyl groups excluding tert-OH is 1. The lowest BCUT2D eigenvalue weighted by atomic mass is 9.91. The van der Waals surface area contributed by atoms with E-state index >= 15 is 0 Å². The Morgan fingerprint density at radius 1 is 0.966 bits per heavy atom. The molecular weight excluding hydrogens is 366 g/mol. The van der Waals surface area contributed by atoms with Crippen molar-refractivity contribution in [1.82, 2.24) is 4.90 Å². The number of aliphatic hydroxyl groups is 1. The van der Waals surface area contributed by atoms with E-state index in [1.807, 2.05) is 48.5 Å². The van der Waals surface area contributed by atoms with Crippen LogP contribution in [-0.2, 0) is 14.3 Å². The average molecular weight is 387 g/mol. The van der Waals surface area contributed by atoms with E-state index in [0.29, 0.717) is 12.2 Å². The number of carbonyl (C=O) groups is 2. The van der Waals surface area contributed by atoms with E-state index in [2.05, 4.69) is 0 Å². The van der Waals surface area contributed by atoms with Crippen molar-refractivity contribution >= 4 is 28.2 Å². The molecule has 0 aliphatic carbocycles. The quantitative estimate of drug-likeness (QED) is 0.410. The summed E-state index contributed by atoms with van der Waals surface area (Å²) in [7, 11) is 1.55. The second-order valence-corrected chi connectivity index (χ2v) is 6.92. The number of carbonyl (C=O) groups excluding carboxylic acids is 2. The van der Waals surface area contributed by atoms with Crippen LogP contribution in [0.3, 0.4) is 0 Å². The molecule has 0 bridgehead atoms. The summed E-state index contributed by atoms with van der Waals surface area (Å²) in [5.41, 5.74) is 1.41. The molecular formula is C24H21NO4. The number of fused-ring (bicyclic) bond motifs is 1. The molecule has 1 N–H and O–H groups in total. The molecule has 1 aliphatic rings. The van der Waals surface area contributed by atoms with Gasteiger partial charge >= 0.3 is 0 Å². The molecule has 4 rings (SSSR count). The Kier molecular flexibility index (Phi) is 5.14. The first-order chi connectivity index (χ1) is 14.1. The molecule has 0 unspecified atom stereocenters. The van der Waals surface area contributed by atoms with E-state index in [-0.39, 0.29) is 17.9 Å². The molecule has 146 valence electrons. The molecule has 0 radical (unpaired) electrons. The van der Waals surface area contributed by atoms with Gasteiger partial charge in [0.25, 0.3) is 11.7 Å². The van der Waals surface area contributed by atoms with Gasteiger partial charge in [0.15, 0.2) is 0 Å². The summed E-state index contributed by atoms with van der Waals surface area (Å²) >= 11 is 0. The highest BCUT2D eigenvalue weighted by Crippen LogP contribution is 2.41. The van der Waals surface area contributed by atoms with E-state index < -0.39 is 17.7 Å². The number of ketones is 1. The van der Waals surface area contributed by atoms with Crippen LogP contribution in [0, 0.1) is 0 Å². The Morgan fingerprint density at radius 3 is 2.41 bits per heavy atom. The van der Waals surface area contributed by atoms with Crippen LogP contribution < -0.4 is 0 Å². The molecule has 1 atom stereocenters. The summed E-state index contributed by atoms with van der Waals surface area (Å²) in [6.07, 6.45) is 0. The lowest BCUT2D eigenvalue weighted by Gasteiger charge is -2.26. The van der Waals surface area contributed by atoms with Crippen LogP contribution >= 0.6 is 0 Å². The van der Waals surface area contributed by atoms with Gasteiger partial charge in [0.05, 0.1) is 18.2 Å². The smallest absolute Gasteiger partial charge is 0.295 e. The van der Waals surface area contributed by atoms with Gasteiger partial charge in [0.2, 0.25) is 0 Å². The van der Waals surface area contributed by atoms with Crippen molar-refractivity contribution in [1.29, 1.82) is 0 Å². The van der Waals surface area contributed by atoms with Gasteiger partial charge < -0.3 is 14.7 Å². The number of Topliss-reactive ketones (excluding diaryl/α,β-unsaturated/α-hetero) is 1. The van der Waals surface area contributed by atoms with E-state index in [1.165, 1.54) is 4.90 Å². The maximum Gasteiger partial charge on any atom is 0.295 e. The van der Waals surface area contributed by atoms with Crippen molar-refractivity contribution in [3.63, 3.8) is 0 Å². The van der Waals surface area contributed by atoms with E-state index in [1.54, 1.807) is 31.4 Å². The fraction of sp³-hybridized carbons (Fsp3) is 0.167. The molecule has 1 saturated heterocycles. The van der Waals surface area contributed by atoms with Crippen molar-refractivity contribution in [2.24, 2.45) is 0 Å². The molecule has 0 spiro atoms. The maximum absolute atomic E-state index is 13.0. The highest BCUT2D eigenvalue weighted by Gasteiger charge is 2.46. The largest absolute Gasteiger partial charge is 0.507 e. The Bertz CT molecular complexity index is 1100. The fourth-order valence-corrected chi connectivity index (χ4v) is 3.86. The van der Waals surface area contributed by atoms with Crippen LogP contribution in [0.5, 0.6) is 0 Å². The second kappa shape index (κ2) is 7.89. The molecule has 29 heavy (non-hydrogen) atoms. The van der Waals surface area contributed by atoms with E-state index in [4.69, 9.17) is 4.74 Å². The molecule has 0 aromatic heterocycles. The predicted molar refractivity (Wildman–Crippen MR) is 111 cm³/mol. The Hall–Kier alpha value is -3.44. The summed E-state index contributed by atoms with van der Waals surface area (Å²) in [6, 6.07) is 21.7. The lowest BCUT2D eigenvalue weighted by molar-refractivity contribution is -0.140. The van der Waals surface area contributed by atoms with Crippen LogP contribution in [0.15, 0.2) is 78.4 Å². The maximum atomic E-state index is 13.0. The minimum atomic E-state index is -0.684. The molecule has 5 heteroatoms. The van der Waals surface area contributed by atoms with Gasteiger partial charge in [-0.3, -0.25) is 9.59 Å². The average Bonchev–Trinajstić information content (AvgIpc) is 3.02. The first kappa shape index (κ1) is 18.9. The summed E-state index contributed by atoms with van der Waals surface area (Å²) in [4.78, 5) is 27.3. The van der Waals surface area contributed by atoms with Gasteiger partial charge in [-0.05, 0) is 16.3 Å². The van der Waals surface area contributed by atoms with Crippen molar-refractivity contribution in [3.8, 4) is 0 Å². The van der Waals surface area contributed by atoms with Gasteiger partial charge in [-0.15, -0.1) is 0 Å². The van der Waals surface area contributed by atoms with Gasteiger partial charge in [-0.1, -0.05) is 72.8 Å². The highest BCUT2D eigenvalue weighted by molar-refractivity contribution is 6.46. The molecule has 1 amide bonds. The summed E-state index contributed by atoms with van der Waals surface area (Å²) in [6.45, 7) is 0.542. The third-order valence-corrected chi connectivity index (χ3v) is 5.24. The standard InChI is InChI=1S/C24H21NO4/c1-29-15-14-25-21(19-13-7-11-16-8-5-6-12-18(16)19)20(23(27)24(25)28)22(26)17-9-3-2-4-10-17/h2-13,21,26H,14-15H2,1H3/b22-20+/t21-/m1/s1. The molecule has 0 saturated carbocycles. The zero-order chi connectivity index (χ0) is 20.4. The van der Waals surface area contributed by atoms with Crippen LogP contribution in [-0.4, -0.2) is 42.0 Å². The van der Waals surface area contributed by atoms with Crippen LogP contribution in [0.1, 0.15) is 17.2 Å². The molecule has 5 nitrogen and oxygen atoms in total. The number of nitrogens with zero attached hydrogens (tertiary/aromatic N) is 1. The van der Waals surface area contributed by atoms with Crippen LogP contribution in [0.4, 0.5) is 0 Å². The summed E-state index contributed by atoms with van der Waals surface area (Å²) < 4.78 is 5.16. The van der Waals surface area contributed by atoms with E-state index in [9.17, 15) is 14.7 Å². The molecule has 3 aromatic rings. The van der Waals surface area contributed by atoms with E-state index in [0.717, 1.165) is 16.3 Å². The molecule has 3 aromatic carbocycles.